The van der Waals surface area contributed by atoms with Crippen molar-refractivity contribution in [1.82, 2.24) is 0 Å². The Hall–Kier alpha value is -0.300. The quantitative estimate of drug-likeness (QED) is 0.436. The Morgan fingerprint density at radius 3 is 2.50 bits per heavy atom. The number of fused-ring (bicyclic) bond motifs is 5. The third-order valence-electron chi connectivity index (χ3n) is 11.2. The molecular weight excluding hydrogens is 364 g/mol. The highest BCUT2D eigenvalue weighted by molar-refractivity contribution is 5.29. The highest BCUT2D eigenvalue weighted by Gasteiger charge is 2.57. The Morgan fingerprint density at radius 2 is 1.80 bits per heavy atom. The molecule has 3 saturated carbocycles. The zero-order chi connectivity index (χ0) is 21.7. The zero-order valence-electron chi connectivity index (χ0n) is 20.9. The lowest BCUT2D eigenvalue weighted by Gasteiger charge is -2.57. The van der Waals surface area contributed by atoms with Gasteiger partial charge >= 0.3 is 0 Å². The van der Waals surface area contributed by atoms with E-state index in [0.717, 1.165) is 54.3 Å². The molecule has 0 aromatic carbocycles. The molecule has 1 nitrogen and oxygen atoms in total. The van der Waals surface area contributed by atoms with E-state index in [1.807, 2.05) is 5.57 Å². The van der Waals surface area contributed by atoms with E-state index in [2.05, 4.69) is 47.6 Å². The molecule has 172 valence electrons. The normalized spacial score (nSPS) is 45.3. The third-order valence-corrected chi connectivity index (χ3v) is 11.2. The highest BCUT2D eigenvalue weighted by Crippen LogP contribution is 2.66. The Morgan fingerprint density at radius 1 is 1.03 bits per heavy atom. The lowest BCUT2D eigenvalue weighted by Crippen LogP contribution is -2.48. The van der Waals surface area contributed by atoms with Gasteiger partial charge in [-0.2, -0.15) is 0 Å². The van der Waals surface area contributed by atoms with Crippen LogP contribution in [-0.4, -0.2) is 11.2 Å². The maximum atomic E-state index is 10.3. The summed E-state index contributed by atoms with van der Waals surface area (Å²) in [6.45, 7) is 15.1. The molecule has 30 heavy (non-hydrogen) atoms. The van der Waals surface area contributed by atoms with E-state index in [1.54, 1.807) is 0 Å². The Balaban J connectivity index is 1.49. The minimum atomic E-state index is -0.0384. The van der Waals surface area contributed by atoms with Crippen molar-refractivity contribution < 1.29 is 5.11 Å². The largest absolute Gasteiger partial charge is 0.393 e. The van der Waals surface area contributed by atoms with Gasteiger partial charge in [0, 0.05) is 0 Å². The maximum absolute atomic E-state index is 10.3. The molecule has 0 radical (unpaired) electrons. The summed E-state index contributed by atoms with van der Waals surface area (Å²) in [5, 5.41) is 10.3. The van der Waals surface area contributed by atoms with E-state index >= 15 is 0 Å². The molecule has 0 amide bonds. The summed E-state index contributed by atoms with van der Waals surface area (Å²) in [7, 11) is 0. The zero-order valence-corrected chi connectivity index (χ0v) is 20.9. The molecule has 0 aromatic heterocycles. The van der Waals surface area contributed by atoms with E-state index in [0.29, 0.717) is 10.8 Å². The standard InChI is InChI=1S/C29H50O/c1-7-21(19(2)3)9-8-20(4)25-12-13-26-24-11-10-22-18-23(30)14-16-28(22,5)27(24)15-17-29(25,26)6/h15,19-26,30H,7-14,16-18H2,1-6H3/t20-,21+,22+,23+,24+,25-,26+,28+,29-/m1/s1. The van der Waals surface area contributed by atoms with Crippen LogP contribution in [0, 0.1) is 52.3 Å². The van der Waals surface area contributed by atoms with Crippen LogP contribution in [0.25, 0.3) is 0 Å². The van der Waals surface area contributed by atoms with Crippen molar-refractivity contribution in [3.63, 3.8) is 0 Å². The molecule has 0 bridgehead atoms. The van der Waals surface area contributed by atoms with Gasteiger partial charge in [0.05, 0.1) is 6.10 Å². The first-order valence-electron chi connectivity index (χ1n) is 13.6. The van der Waals surface area contributed by atoms with Crippen molar-refractivity contribution in [2.45, 2.75) is 118 Å². The first-order valence-corrected chi connectivity index (χ1v) is 13.6. The lowest BCUT2D eigenvalue weighted by molar-refractivity contribution is -0.0160. The molecule has 4 aliphatic carbocycles. The number of aliphatic hydroxyl groups is 1. The summed E-state index contributed by atoms with van der Waals surface area (Å²) in [5.74, 6) is 6.03. The molecule has 4 aliphatic rings. The molecule has 0 spiro atoms. The van der Waals surface area contributed by atoms with Gasteiger partial charge in [-0.05, 0) is 110 Å². The average Bonchev–Trinajstić information content (AvgIpc) is 3.06. The maximum Gasteiger partial charge on any atom is 0.0543 e. The summed E-state index contributed by atoms with van der Waals surface area (Å²) in [4.78, 5) is 0. The number of hydrogen-bond acceptors (Lipinski definition) is 1. The van der Waals surface area contributed by atoms with Crippen LogP contribution in [0.5, 0.6) is 0 Å². The molecule has 0 aromatic rings. The highest BCUT2D eigenvalue weighted by atomic mass is 16.3. The van der Waals surface area contributed by atoms with E-state index in [-0.39, 0.29) is 6.10 Å². The van der Waals surface area contributed by atoms with Crippen LogP contribution in [0.2, 0.25) is 0 Å². The molecule has 0 aliphatic heterocycles. The molecule has 1 heteroatoms. The van der Waals surface area contributed by atoms with Crippen molar-refractivity contribution in [2.75, 3.05) is 0 Å². The van der Waals surface area contributed by atoms with Crippen LogP contribution in [-0.2, 0) is 0 Å². The SMILES string of the molecule is CC[C@@H](CC[C@@H](C)[C@H]1CC[C@H]2[C@@H]3CC[C@H]4C[C@@H](O)CC[C@]4(C)C3=CC[C@]12C)C(C)C. The van der Waals surface area contributed by atoms with Crippen LogP contribution in [0.4, 0.5) is 0 Å². The number of rotatable bonds is 6. The van der Waals surface area contributed by atoms with Gasteiger partial charge in [-0.25, -0.2) is 0 Å². The fourth-order valence-corrected chi connectivity index (χ4v) is 9.16. The predicted octanol–water partition coefficient (Wildman–Crippen LogP) is 8.02. The number of aliphatic hydroxyl groups excluding tert-OH is 1. The Bertz CT molecular complexity index is 634. The second-order valence-electron chi connectivity index (χ2n) is 12.9. The van der Waals surface area contributed by atoms with Gasteiger partial charge in [0.25, 0.3) is 0 Å². The molecule has 0 unspecified atom stereocenters. The Kier molecular flexibility index (Phi) is 6.53. The van der Waals surface area contributed by atoms with Gasteiger partial charge in [0.1, 0.15) is 0 Å². The summed E-state index contributed by atoms with van der Waals surface area (Å²) >= 11 is 0. The van der Waals surface area contributed by atoms with Gasteiger partial charge in [0.15, 0.2) is 0 Å². The predicted molar refractivity (Wildman–Crippen MR) is 128 cm³/mol. The summed E-state index contributed by atoms with van der Waals surface area (Å²) < 4.78 is 0. The van der Waals surface area contributed by atoms with E-state index < -0.39 is 0 Å². The molecule has 3 fully saturated rings. The molecule has 9 atom stereocenters. The van der Waals surface area contributed by atoms with Gasteiger partial charge in [0.2, 0.25) is 0 Å². The van der Waals surface area contributed by atoms with Crippen LogP contribution in [0.3, 0.4) is 0 Å². The topological polar surface area (TPSA) is 20.2 Å². The van der Waals surface area contributed by atoms with Crippen molar-refractivity contribution in [2.24, 2.45) is 52.3 Å². The van der Waals surface area contributed by atoms with Crippen molar-refractivity contribution in [3.05, 3.63) is 11.6 Å². The molecule has 0 saturated heterocycles. The summed E-state index contributed by atoms with van der Waals surface area (Å²) in [6, 6.07) is 0. The van der Waals surface area contributed by atoms with Crippen LogP contribution in [0.1, 0.15) is 112 Å². The van der Waals surface area contributed by atoms with Crippen LogP contribution >= 0.6 is 0 Å². The summed E-state index contributed by atoms with van der Waals surface area (Å²) in [6.07, 6.45) is 17.2. The monoisotopic (exact) mass is 414 g/mol. The minimum absolute atomic E-state index is 0.0384. The smallest absolute Gasteiger partial charge is 0.0543 e. The van der Waals surface area contributed by atoms with Crippen LogP contribution in [0.15, 0.2) is 11.6 Å². The second-order valence-corrected chi connectivity index (χ2v) is 12.9. The third kappa shape index (κ3) is 3.74. The molecule has 1 N–H and O–H groups in total. The van der Waals surface area contributed by atoms with Crippen molar-refractivity contribution in [1.29, 1.82) is 0 Å². The molecule has 0 heterocycles. The van der Waals surface area contributed by atoms with Crippen molar-refractivity contribution in [3.8, 4) is 0 Å². The fraction of sp³-hybridized carbons (Fsp3) is 0.931. The first kappa shape index (κ1) is 22.9. The van der Waals surface area contributed by atoms with E-state index in [4.69, 9.17) is 0 Å². The average molecular weight is 415 g/mol. The first-order chi connectivity index (χ1) is 14.2. The molecular formula is C29H50O. The minimum Gasteiger partial charge on any atom is -0.393 e. The van der Waals surface area contributed by atoms with Crippen molar-refractivity contribution >= 4 is 0 Å². The second kappa shape index (κ2) is 8.57. The van der Waals surface area contributed by atoms with Gasteiger partial charge < -0.3 is 5.11 Å². The summed E-state index contributed by atoms with van der Waals surface area (Å²) in [5.41, 5.74) is 2.76. The molecule has 4 rings (SSSR count). The van der Waals surface area contributed by atoms with Gasteiger partial charge in [-0.1, -0.05) is 66.0 Å². The number of allylic oxidation sites excluding steroid dienone is 2. The van der Waals surface area contributed by atoms with Gasteiger partial charge in [-0.3, -0.25) is 0 Å². The van der Waals surface area contributed by atoms with Gasteiger partial charge in [-0.15, -0.1) is 0 Å². The number of hydrogen-bond donors (Lipinski definition) is 1. The fourth-order valence-electron chi connectivity index (χ4n) is 9.16. The lowest BCUT2D eigenvalue weighted by atomic mass is 9.48. The van der Waals surface area contributed by atoms with Crippen LogP contribution < -0.4 is 0 Å². The van der Waals surface area contributed by atoms with E-state index in [9.17, 15) is 5.11 Å². The Labute approximate surface area is 187 Å². The van der Waals surface area contributed by atoms with E-state index in [1.165, 1.54) is 57.8 Å².